The van der Waals surface area contributed by atoms with Crippen molar-refractivity contribution in [2.45, 2.75) is 60.3 Å². The molecule has 2 aromatic rings. The number of carbonyl (C=O) groups is 2. The zero-order valence-electron chi connectivity index (χ0n) is 24.0. The molecule has 0 aromatic heterocycles. The lowest BCUT2D eigenvalue weighted by Gasteiger charge is -2.27. The van der Waals surface area contributed by atoms with E-state index in [1.807, 2.05) is 13.0 Å². The third kappa shape index (κ3) is 7.46. The van der Waals surface area contributed by atoms with Gasteiger partial charge in [0.05, 0.1) is 23.5 Å². The first-order chi connectivity index (χ1) is 19.0. The molecule has 0 fully saturated rings. The number of benzene rings is 2. The fourth-order valence-corrected chi connectivity index (χ4v) is 4.69. The Bertz CT molecular complexity index is 1340. The number of hydrogen-bond donors (Lipinski definition) is 3. The van der Waals surface area contributed by atoms with Crippen LogP contribution in [0.4, 0.5) is 17.1 Å². The molecule has 0 unspecified atom stereocenters. The third-order valence-electron chi connectivity index (χ3n) is 6.71. The van der Waals surface area contributed by atoms with Crippen LogP contribution in [-0.2, 0) is 9.53 Å². The number of hydrogen-bond acceptors (Lipinski definition) is 7. The number of aromatic hydroxyl groups is 3. The summed E-state index contributed by atoms with van der Waals surface area (Å²) in [7, 11) is 0. The average Bonchev–Trinajstić information content (AvgIpc) is 2.96. The molecule has 0 radical (unpaired) electrons. The SMILES string of the molecule is CCOC(=O)CN1c2c(O)cccc2C(=O)N(C/C=C(\C)CC/C=C(\C)CCC=C(C)C)c2cc(O)cc(O)c21. The summed E-state index contributed by atoms with van der Waals surface area (Å²) in [6, 6.07) is 7.03. The predicted octanol–water partition coefficient (Wildman–Crippen LogP) is 6.88. The van der Waals surface area contributed by atoms with E-state index in [-0.39, 0.29) is 59.6 Å². The summed E-state index contributed by atoms with van der Waals surface area (Å²) in [5.41, 5.74) is 4.29. The van der Waals surface area contributed by atoms with Gasteiger partial charge in [0.25, 0.3) is 5.91 Å². The standard InChI is InChI=1S/C32H40N2O6/c1-6-40-29(38)20-34-30-25(14-9-15-27(30)36)32(39)33(26-18-24(35)19-28(37)31(26)34)17-16-23(5)13-8-12-22(4)11-7-10-21(2)3/h9-10,12,14-16,18-19,35-37H,6-8,11,13,17,20H2,1-5H3/b22-12+,23-16+. The minimum atomic E-state index is -0.601. The van der Waals surface area contributed by atoms with E-state index in [1.165, 1.54) is 33.1 Å². The minimum absolute atomic E-state index is 0.0831. The first kappa shape index (κ1) is 30.3. The highest BCUT2D eigenvalue weighted by molar-refractivity contribution is 6.16. The molecule has 3 N–H and O–H groups in total. The highest BCUT2D eigenvalue weighted by atomic mass is 16.5. The lowest BCUT2D eigenvalue weighted by molar-refractivity contribution is -0.141. The lowest BCUT2D eigenvalue weighted by Crippen LogP contribution is -2.30. The molecule has 0 bridgehead atoms. The Morgan fingerprint density at radius 3 is 2.23 bits per heavy atom. The van der Waals surface area contributed by atoms with Crippen molar-refractivity contribution >= 4 is 28.9 Å². The number of nitrogens with zero attached hydrogens (tertiary/aromatic N) is 2. The quantitative estimate of drug-likeness (QED) is 0.207. The number of rotatable bonds is 11. The second kappa shape index (κ2) is 13.7. The maximum atomic E-state index is 13.9. The molecule has 1 heterocycles. The number of allylic oxidation sites excluding steroid dienone is 5. The van der Waals surface area contributed by atoms with E-state index in [0.29, 0.717) is 0 Å². The van der Waals surface area contributed by atoms with Crippen LogP contribution in [0.5, 0.6) is 17.2 Å². The van der Waals surface area contributed by atoms with Gasteiger partial charge in [-0.1, -0.05) is 41.0 Å². The van der Waals surface area contributed by atoms with Crippen molar-refractivity contribution < 1.29 is 29.6 Å². The normalized spacial score (nSPS) is 13.5. The number of phenols is 3. The van der Waals surface area contributed by atoms with Gasteiger partial charge in [0.15, 0.2) is 0 Å². The van der Waals surface area contributed by atoms with Crippen LogP contribution in [0.2, 0.25) is 0 Å². The van der Waals surface area contributed by atoms with Gasteiger partial charge in [-0.3, -0.25) is 9.59 Å². The van der Waals surface area contributed by atoms with E-state index in [4.69, 9.17) is 4.74 Å². The summed E-state index contributed by atoms with van der Waals surface area (Å²) >= 11 is 0. The first-order valence-electron chi connectivity index (χ1n) is 13.6. The maximum absolute atomic E-state index is 13.9. The van der Waals surface area contributed by atoms with Crippen LogP contribution in [0.15, 0.2) is 65.3 Å². The van der Waals surface area contributed by atoms with Gasteiger partial charge < -0.3 is 29.9 Å². The smallest absolute Gasteiger partial charge is 0.325 e. The highest BCUT2D eigenvalue weighted by Gasteiger charge is 2.35. The minimum Gasteiger partial charge on any atom is -0.508 e. The van der Waals surface area contributed by atoms with Crippen molar-refractivity contribution in [3.05, 3.63) is 70.8 Å². The van der Waals surface area contributed by atoms with E-state index < -0.39 is 11.9 Å². The van der Waals surface area contributed by atoms with Gasteiger partial charge >= 0.3 is 5.97 Å². The average molecular weight is 549 g/mol. The summed E-state index contributed by atoms with van der Waals surface area (Å²) in [5, 5.41) is 32.1. The van der Waals surface area contributed by atoms with Crippen molar-refractivity contribution in [2.75, 3.05) is 29.5 Å². The molecule has 0 aliphatic carbocycles. The molecule has 1 amide bonds. The zero-order valence-corrected chi connectivity index (χ0v) is 24.0. The van der Waals surface area contributed by atoms with Gasteiger partial charge in [-0.2, -0.15) is 0 Å². The number of esters is 1. The van der Waals surface area contributed by atoms with Gasteiger partial charge in [0, 0.05) is 18.7 Å². The lowest BCUT2D eigenvalue weighted by atomic mass is 10.1. The number of anilines is 3. The summed E-state index contributed by atoms with van der Waals surface area (Å²) in [5.74, 6) is -1.86. The second-order valence-corrected chi connectivity index (χ2v) is 10.3. The number of phenolic OH excluding ortho intramolecular Hbond substituents is 3. The van der Waals surface area contributed by atoms with E-state index in [1.54, 1.807) is 19.1 Å². The number of fused-ring (bicyclic) bond motifs is 2. The van der Waals surface area contributed by atoms with Crippen LogP contribution >= 0.6 is 0 Å². The Balaban J connectivity index is 1.95. The summed E-state index contributed by atoms with van der Waals surface area (Å²) in [4.78, 5) is 29.2. The van der Waals surface area contributed by atoms with Crippen molar-refractivity contribution in [1.29, 1.82) is 0 Å². The van der Waals surface area contributed by atoms with Crippen molar-refractivity contribution in [3.8, 4) is 17.2 Å². The van der Waals surface area contributed by atoms with Crippen LogP contribution in [0.25, 0.3) is 0 Å². The fraction of sp³-hybridized carbons (Fsp3) is 0.375. The Hall–Kier alpha value is -4.20. The summed E-state index contributed by atoms with van der Waals surface area (Å²) in [6.45, 7) is 9.96. The van der Waals surface area contributed by atoms with Gasteiger partial charge in [0.2, 0.25) is 0 Å². The summed E-state index contributed by atoms with van der Waals surface area (Å²) in [6.07, 6.45) is 10.2. The van der Waals surface area contributed by atoms with Crippen LogP contribution < -0.4 is 9.80 Å². The van der Waals surface area contributed by atoms with E-state index >= 15 is 0 Å². The Morgan fingerprint density at radius 1 is 0.875 bits per heavy atom. The molecule has 40 heavy (non-hydrogen) atoms. The van der Waals surface area contributed by atoms with E-state index in [2.05, 4.69) is 32.9 Å². The van der Waals surface area contributed by atoms with Crippen LogP contribution in [0.1, 0.15) is 70.7 Å². The molecular formula is C32H40N2O6. The van der Waals surface area contributed by atoms with Crippen molar-refractivity contribution in [2.24, 2.45) is 0 Å². The Kier molecular flexibility index (Phi) is 10.4. The third-order valence-corrected chi connectivity index (χ3v) is 6.71. The molecule has 2 aromatic carbocycles. The van der Waals surface area contributed by atoms with Crippen molar-refractivity contribution in [1.82, 2.24) is 0 Å². The van der Waals surface area contributed by atoms with Crippen molar-refractivity contribution in [3.63, 3.8) is 0 Å². The van der Waals surface area contributed by atoms with Crippen LogP contribution in [-0.4, -0.2) is 46.9 Å². The second-order valence-electron chi connectivity index (χ2n) is 10.3. The van der Waals surface area contributed by atoms with E-state index in [9.17, 15) is 24.9 Å². The molecule has 0 atom stereocenters. The van der Waals surface area contributed by atoms with Gasteiger partial charge in [0.1, 0.15) is 29.5 Å². The molecular weight excluding hydrogens is 508 g/mol. The number of carbonyl (C=O) groups excluding carboxylic acids is 2. The molecule has 8 heteroatoms. The molecule has 1 aliphatic heterocycles. The Labute approximate surface area is 236 Å². The molecule has 1 aliphatic rings. The predicted molar refractivity (Wildman–Crippen MR) is 159 cm³/mol. The molecule has 0 saturated heterocycles. The fourth-order valence-electron chi connectivity index (χ4n) is 4.69. The van der Waals surface area contributed by atoms with Gasteiger partial charge in [-0.25, -0.2) is 0 Å². The molecule has 3 rings (SSSR count). The monoisotopic (exact) mass is 548 g/mol. The number of amides is 1. The highest BCUT2D eigenvalue weighted by Crippen LogP contribution is 2.50. The zero-order chi connectivity index (χ0) is 29.4. The van der Waals surface area contributed by atoms with Gasteiger partial charge in [-0.05, 0) is 72.4 Å². The number of para-hydroxylation sites is 1. The Morgan fingerprint density at radius 2 is 1.55 bits per heavy atom. The maximum Gasteiger partial charge on any atom is 0.325 e. The number of ether oxygens (including phenoxy) is 1. The summed E-state index contributed by atoms with van der Waals surface area (Å²) < 4.78 is 5.13. The van der Waals surface area contributed by atoms with Gasteiger partial charge in [-0.15, -0.1) is 0 Å². The van der Waals surface area contributed by atoms with Crippen LogP contribution in [0, 0.1) is 0 Å². The molecule has 214 valence electrons. The first-order valence-corrected chi connectivity index (χ1v) is 13.6. The molecule has 0 saturated carbocycles. The largest absolute Gasteiger partial charge is 0.508 e. The molecule has 0 spiro atoms. The van der Waals surface area contributed by atoms with Crippen LogP contribution in [0.3, 0.4) is 0 Å². The van der Waals surface area contributed by atoms with E-state index in [0.717, 1.165) is 37.3 Å². The topological polar surface area (TPSA) is 111 Å². The molecule has 8 nitrogen and oxygen atoms in total.